The molecule has 0 spiro atoms. The second kappa shape index (κ2) is 8.42. The standard InChI is InChI=1S/C16H26O3S/c1-3-4-5-10-15-11-6-7-12-16(15)13-8-9-14(2)20(17,18)19/h6-7,11-12,14H,3-5,8-10,13H2,1-2H3,(H,17,18,19). The molecule has 1 aromatic carbocycles. The molecule has 3 nitrogen and oxygen atoms in total. The first-order chi connectivity index (χ1) is 9.45. The Labute approximate surface area is 123 Å². The van der Waals surface area contributed by atoms with Crippen LogP contribution < -0.4 is 0 Å². The fourth-order valence-corrected chi connectivity index (χ4v) is 2.80. The van der Waals surface area contributed by atoms with Gasteiger partial charge >= 0.3 is 0 Å². The predicted molar refractivity (Wildman–Crippen MR) is 83.6 cm³/mol. The monoisotopic (exact) mass is 298 g/mol. The van der Waals surface area contributed by atoms with Gasteiger partial charge in [0.1, 0.15) is 0 Å². The van der Waals surface area contributed by atoms with E-state index in [9.17, 15) is 8.42 Å². The van der Waals surface area contributed by atoms with Crippen molar-refractivity contribution < 1.29 is 13.0 Å². The fraction of sp³-hybridized carbons (Fsp3) is 0.625. The van der Waals surface area contributed by atoms with Gasteiger partial charge in [0.2, 0.25) is 0 Å². The first kappa shape index (κ1) is 17.2. The lowest BCUT2D eigenvalue weighted by Crippen LogP contribution is -2.16. The summed E-state index contributed by atoms with van der Waals surface area (Å²) in [6.45, 7) is 3.76. The molecule has 114 valence electrons. The first-order valence-electron chi connectivity index (χ1n) is 7.48. The van der Waals surface area contributed by atoms with E-state index in [0.29, 0.717) is 6.42 Å². The molecule has 0 radical (unpaired) electrons. The highest BCUT2D eigenvalue weighted by Crippen LogP contribution is 2.17. The van der Waals surface area contributed by atoms with E-state index in [1.165, 1.54) is 30.4 Å². The molecule has 0 aromatic heterocycles. The van der Waals surface area contributed by atoms with Gasteiger partial charge in [-0.25, -0.2) is 0 Å². The van der Waals surface area contributed by atoms with Gasteiger partial charge in [0.25, 0.3) is 10.1 Å². The summed E-state index contributed by atoms with van der Waals surface area (Å²) in [4.78, 5) is 0. The quantitative estimate of drug-likeness (QED) is 0.553. The zero-order valence-electron chi connectivity index (χ0n) is 12.5. The Kier molecular flexibility index (Phi) is 7.24. The van der Waals surface area contributed by atoms with E-state index in [2.05, 4.69) is 25.1 Å². The van der Waals surface area contributed by atoms with Crippen LogP contribution in [-0.2, 0) is 23.0 Å². The molecule has 0 aliphatic rings. The Morgan fingerprint density at radius 2 is 1.60 bits per heavy atom. The Morgan fingerprint density at radius 1 is 1.05 bits per heavy atom. The molecule has 4 heteroatoms. The molecule has 1 aromatic rings. The highest BCUT2D eigenvalue weighted by Gasteiger charge is 2.16. The van der Waals surface area contributed by atoms with Crippen LogP contribution in [0.1, 0.15) is 57.1 Å². The summed E-state index contributed by atoms with van der Waals surface area (Å²) < 4.78 is 30.9. The average Bonchev–Trinajstić information content (AvgIpc) is 2.39. The zero-order valence-corrected chi connectivity index (χ0v) is 13.3. The minimum absolute atomic E-state index is 0.502. The van der Waals surface area contributed by atoms with E-state index >= 15 is 0 Å². The fourth-order valence-electron chi connectivity index (χ4n) is 2.34. The van der Waals surface area contributed by atoms with Gasteiger partial charge < -0.3 is 0 Å². The van der Waals surface area contributed by atoms with Crippen molar-refractivity contribution in [2.45, 2.75) is 64.0 Å². The summed E-state index contributed by atoms with van der Waals surface area (Å²) in [5, 5.41) is -0.672. The van der Waals surface area contributed by atoms with Crippen LogP contribution in [0.25, 0.3) is 0 Å². The van der Waals surface area contributed by atoms with Gasteiger partial charge in [0, 0.05) is 0 Å². The van der Waals surface area contributed by atoms with Crippen LogP contribution >= 0.6 is 0 Å². The minimum atomic E-state index is -3.88. The number of unbranched alkanes of at least 4 members (excludes halogenated alkanes) is 2. The summed E-state index contributed by atoms with van der Waals surface area (Å²) in [6.07, 6.45) is 6.92. The second-order valence-corrected chi connectivity index (χ2v) is 7.28. The highest BCUT2D eigenvalue weighted by atomic mass is 32.2. The van der Waals surface area contributed by atoms with Crippen molar-refractivity contribution in [1.29, 1.82) is 0 Å². The SMILES string of the molecule is CCCCCc1ccccc1CCCC(C)S(=O)(=O)O. The van der Waals surface area contributed by atoms with E-state index in [1.54, 1.807) is 6.92 Å². The van der Waals surface area contributed by atoms with Gasteiger partial charge in [-0.1, -0.05) is 44.0 Å². The first-order valence-corrected chi connectivity index (χ1v) is 8.98. The maximum absolute atomic E-state index is 11.0. The molecule has 0 bridgehead atoms. The van der Waals surface area contributed by atoms with E-state index < -0.39 is 15.4 Å². The molecule has 0 saturated heterocycles. The average molecular weight is 298 g/mol. The molecule has 0 saturated carbocycles. The van der Waals surface area contributed by atoms with Crippen LogP contribution in [0.2, 0.25) is 0 Å². The maximum atomic E-state index is 11.0. The van der Waals surface area contributed by atoms with Gasteiger partial charge in [0.05, 0.1) is 5.25 Å². The van der Waals surface area contributed by atoms with Crippen molar-refractivity contribution in [3.63, 3.8) is 0 Å². The van der Waals surface area contributed by atoms with Crippen molar-refractivity contribution in [2.24, 2.45) is 0 Å². The lowest BCUT2D eigenvalue weighted by molar-refractivity contribution is 0.464. The smallest absolute Gasteiger partial charge is 0.267 e. The maximum Gasteiger partial charge on any atom is 0.267 e. The van der Waals surface area contributed by atoms with Gasteiger partial charge in [-0.3, -0.25) is 4.55 Å². The van der Waals surface area contributed by atoms with Crippen molar-refractivity contribution in [2.75, 3.05) is 0 Å². The highest BCUT2D eigenvalue weighted by molar-refractivity contribution is 7.86. The molecular weight excluding hydrogens is 272 g/mol. The summed E-state index contributed by atoms with van der Waals surface area (Å²) in [5.74, 6) is 0. The third kappa shape index (κ3) is 6.06. The third-order valence-corrected chi connectivity index (χ3v) is 4.99. The Morgan fingerprint density at radius 3 is 2.10 bits per heavy atom. The van der Waals surface area contributed by atoms with Crippen LogP contribution in [0.15, 0.2) is 24.3 Å². The number of rotatable bonds is 9. The lowest BCUT2D eigenvalue weighted by atomic mass is 9.97. The van der Waals surface area contributed by atoms with Gasteiger partial charge in [-0.2, -0.15) is 8.42 Å². The normalized spacial score (nSPS) is 13.3. The summed E-state index contributed by atoms with van der Waals surface area (Å²) in [5.41, 5.74) is 2.69. The Hall–Kier alpha value is -0.870. The van der Waals surface area contributed by atoms with Gasteiger partial charge in [-0.05, 0) is 50.2 Å². The van der Waals surface area contributed by atoms with Gasteiger partial charge in [0.15, 0.2) is 0 Å². The van der Waals surface area contributed by atoms with Crippen molar-refractivity contribution in [3.8, 4) is 0 Å². The van der Waals surface area contributed by atoms with E-state index in [-0.39, 0.29) is 0 Å². The number of benzene rings is 1. The van der Waals surface area contributed by atoms with Crippen LogP contribution in [-0.4, -0.2) is 18.2 Å². The third-order valence-electron chi connectivity index (χ3n) is 3.73. The Bertz CT molecular complexity index is 494. The summed E-state index contributed by atoms with van der Waals surface area (Å²) >= 11 is 0. The second-order valence-electron chi connectivity index (χ2n) is 5.44. The van der Waals surface area contributed by atoms with Crippen LogP contribution in [0.5, 0.6) is 0 Å². The van der Waals surface area contributed by atoms with Crippen molar-refractivity contribution >= 4 is 10.1 Å². The summed E-state index contributed by atoms with van der Waals surface area (Å²) in [6, 6.07) is 8.38. The largest absolute Gasteiger partial charge is 0.285 e. The van der Waals surface area contributed by atoms with Crippen molar-refractivity contribution in [3.05, 3.63) is 35.4 Å². The van der Waals surface area contributed by atoms with E-state index in [1.807, 2.05) is 6.07 Å². The molecule has 0 heterocycles. The molecule has 0 aliphatic heterocycles. The summed E-state index contributed by atoms with van der Waals surface area (Å²) in [7, 11) is -3.88. The molecule has 0 aliphatic carbocycles. The number of hydrogen-bond acceptors (Lipinski definition) is 2. The molecule has 1 rings (SSSR count). The number of hydrogen-bond donors (Lipinski definition) is 1. The van der Waals surface area contributed by atoms with E-state index in [0.717, 1.165) is 19.3 Å². The molecule has 0 amide bonds. The molecule has 1 N–H and O–H groups in total. The molecular formula is C16H26O3S. The molecule has 1 unspecified atom stereocenters. The van der Waals surface area contributed by atoms with Crippen LogP contribution in [0.4, 0.5) is 0 Å². The van der Waals surface area contributed by atoms with Crippen LogP contribution in [0, 0.1) is 0 Å². The minimum Gasteiger partial charge on any atom is -0.285 e. The topological polar surface area (TPSA) is 54.4 Å². The van der Waals surface area contributed by atoms with E-state index in [4.69, 9.17) is 4.55 Å². The number of aryl methyl sites for hydroxylation is 2. The predicted octanol–water partition coefficient (Wildman–Crippen LogP) is 4.02. The van der Waals surface area contributed by atoms with Crippen LogP contribution in [0.3, 0.4) is 0 Å². The van der Waals surface area contributed by atoms with Gasteiger partial charge in [-0.15, -0.1) is 0 Å². The van der Waals surface area contributed by atoms with Crippen molar-refractivity contribution in [1.82, 2.24) is 0 Å². The lowest BCUT2D eigenvalue weighted by Gasteiger charge is -2.11. The Balaban J connectivity index is 2.51. The zero-order chi connectivity index (χ0) is 15.0. The molecule has 1 atom stereocenters. The molecule has 20 heavy (non-hydrogen) atoms. The molecule has 0 fully saturated rings.